The van der Waals surface area contributed by atoms with Crippen LogP contribution in [0.1, 0.15) is 10.6 Å². The van der Waals surface area contributed by atoms with E-state index >= 15 is 0 Å². The van der Waals surface area contributed by atoms with E-state index in [0.29, 0.717) is 21.2 Å². The second-order valence-electron chi connectivity index (χ2n) is 4.48. The highest BCUT2D eigenvalue weighted by atomic mass is 35.5. The lowest BCUT2D eigenvalue weighted by molar-refractivity contribution is 0.474. The summed E-state index contributed by atoms with van der Waals surface area (Å²) in [6, 6.07) is 12.7. The zero-order valence-corrected chi connectivity index (χ0v) is 13.4. The van der Waals surface area contributed by atoms with Crippen LogP contribution in [0.4, 0.5) is 0 Å². The van der Waals surface area contributed by atoms with Crippen molar-refractivity contribution in [1.29, 1.82) is 5.26 Å². The number of fused-ring (bicyclic) bond motifs is 1. The van der Waals surface area contributed by atoms with Gasteiger partial charge < -0.3 is 5.11 Å². The molecule has 0 atom stereocenters. The lowest BCUT2D eigenvalue weighted by Crippen LogP contribution is -1.83. The van der Waals surface area contributed by atoms with E-state index in [9.17, 15) is 10.4 Å². The second-order valence-corrected chi connectivity index (χ2v) is 6.36. The van der Waals surface area contributed by atoms with Crippen LogP contribution in [0.15, 0.2) is 36.4 Å². The SMILES string of the molecule is N#C/C(=C\c1cc(Cl)cc(Cl)c1O)c1nc2ccccc2s1. The van der Waals surface area contributed by atoms with E-state index in [1.54, 1.807) is 6.07 Å². The number of halogens is 2. The van der Waals surface area contributed by atoms with Crippen molar-refractivity contribution in [3.05, 3.63) is 57.0 Å². The third-order valence-corrected chi connectivity index (χ3v) is 4.58. The van der Waals surface area contributed by atoms with Gasteiger partial charge in [0.25, 0.3) is 0 Å². The van der Waals surface area contributed by atoms with Crippen LogP contribution in [0.3, 0.4) is 0 Å². The number of phenols is 1. The van der Waals surface area contributed by atoms with E-state index in [-0.39, 0.29) is 10.8 Å². The van der Waals surface area contributed by atoms with Crippen LogP contribution < -0.4 is 0 Å². The lowest BCUT2D eigenvalue weighted by Gasteiger charge is -2.03. The summed E-state index contributed by atoms with van der Waals surface area (Å²) < 4.78 is 0.993. The first-order valence-corrected chi connectivity index (χ1v) is 7.81. The molecule has 0 aliphatic heterocycles. The quantitative estimate of drug-likeness (QED) is 0.634. The zero-order valence-electron chi connectivity index (χ0n) is 11.0. The van der Waals surface area contributed by atoms with Gasteiger partial charge in [-0.3, -0.25) is 0 Å². The second kappa shape index (κ2) is 5.98. The Balaban J connectivity index is 2.13. The van der Waals surface area contributed by atoms with E-state index in [1.165, 1.54) is 23.5 Å². The first kappa shape index (κ1) is 14.9. The number of aromatic hydroxyl groups is 1. The molecule has 0 spiro atoms. The number of aromatic nitrogens is 1. The fourth-order valence-electron chi connectivity index (χ4n) is 1.98. The van der Waals surface area contributed by atoms with Gasteiger partial charge in [-0.05, 0) is 30.3 Å². The fraction of sp³-hybridized carbons (Fsp3) is 0. The summed E-state index contributed by atoms with van der Waals surface area (Å²) in [7, 11) is 0. The molecule has 0 aliphatic rings. The zero-order chi connectivity index (χ0) is 15.7. The van der Waals surface area contributed by atoms with Crippen LogP contribution in [-0.4, -0.2) is 10.1 Å². The van der Waals surface area contributed by atoms with Crippen molar-refractivity contribution in [2.24, 2.45) is 0 Å². The Morgan fingerprint density at radius 3 is 2.77 bits per heavy atom. The molecule has 3 nitrogen and oxygen atoms in total. The number of phenolic OH excluding ortho intramolecular Hbond substituents is 1. The highest BCUT2D eigenvalue weighted by Gasteiger charge is 2.11. The van der Waals surface area contributed by atoms with Crippen molar-refractivity contribution in [3.8, 4) is 11.8 Å². The molecule has 1 heterocycles. The van der Waals surface area contributed by atoms with Crippen molar-refractivity contribution in [2.75, 3.05) is 0 Å². The Hall–Kier alpha value is -2.06. The Morgan fingerprint density at radius 1 is 1.27 bits per heavy atom. The number of rotatable bonds is 2. The molecule has 0 fully saturated rings. The molecule has 0 bridgehead atoms. The lowest BCUT2D eigenvalue weighted by atomic mass is 10.1. The molecule has 0 saturated heterocycles. The van der Waals surface area contributed by atoms with Gasteiger partial charge >= 0.3 is 0 Å². The minimum atomic E-state index is -0.111. The molecule has 3 rings (SSSR count). The number of benzene rings is 2. The third kappa shape index (κ3) is 2.79. The van der Waals surface area contributed by atoms with Gasteiger partial charge in [-0.1, -0.05) is 35.3 Å². The molecule has 108 valence electrons. The van der Waals surface area contributed by atoms with Crippen molar-refractivity contribution in [1.82, 2.24) is 4.98 Å². The molecule has 0 radical (unpaired) electrons. The maximum atomic E-state index is 9.99. The predicted molar refractivity (Wildman–Crippen MR) is 91.2 cm³/mol. The standard InChI is InChI=1S/C16H8Cl2N2OS/c17-11-6-9(15(21)12(18)7-11)5-10(8-19)16-20-13-3-1-2-4-14(13)22-16/h1-7,21H/b10-5+. The molecular formula is C16H8Cl2N2OS. The summed E-state index contributed by atoms with van der Waals surface area (Å²) in [6.07, 6.45) is 1.53. The number of thiazole rings is 1. The average molecular weight is 347 g/mol. The van der Waals surface area contributed by atoms with Crippen LogP contribution >= 0.6 is 34.5 Å². The van der Waals surface area contributed by atoms with Gasteiger partial charge in [-0.25, -0.2) is 4.98 Å². The molecule has 0 saturated carbocycles. The smallest absolute Gasteiger partial charge is 0.141 e. The van der Waals surface area contributed by atoms with Gasteiger partial charge in [0, 0.05) is 10.6 Å². The van der Waals surface area contributed by atoms with Crippen LogP contribution in [0, 0.1) is 11.3 Å². The van der Waals surface area contributed by atoms with E-state index in [4.69, 9.17) is 23.2 Å². The van der Waals surface area contributed by atoms with Crippen LogP contribution in [-0.2, 0) is 0 Å². The van der Waals surface area contributed by atoms with Gasteiger partial charge in [-0.2, -0.15) is 5.26 Å². The van der Waals surface area contributed by atoms with Gasteiger partial charge in [0.05, 0.1) is 20.8 Å². The molecule has 1 aromatic heterocycles. The van der Waals surface area contributed by atoms with Crippen LogP contribution in [0.25, 0.3) is 21.9 Å². The van der Waals surface area contributed by atoms with E-state index in [1.807, 2.05) is 24.3 Å². The number of nitrogens with zero attached hydrogens (tertiary/aromatic N) is 2. The largest absolute Gasteiger partial charge is 0.506 e. The highest BCUT2D eigenvalue weighted by molar-refractivity contribution is 7.19. The topological polar surface area (TPSA) is 56.9 Å². The first-order valence-electron chi connectivity index (χ1n) is 6.24. The number of hydrogen-bond acceptors (Lipinski definition) is 4. The summed E-state index contributed by atoms with van der Waals surface area (Å²) in [5.74, 6) is -0.111. The highest BCUT2D eigenvalue weighted by Crippen LogP contribution is 2.34. The summed E-state index contributed by atoms with van der Waals surface area (Å²) in [5.41, 5.74) is 1.56. The van der Waals surface area contributed by atoms with Crippen molar-refractivity contribution in [2.45, 2.75) is 0 Å². The Morgan fingerprint density at radius 2 is 2.05 bits per heavy atom. The molecule has 0 amide bonds. The van der Waals surface area contributed by atoms with Crippen molar-refractivity contribution >= 4 is 56.4 Å². The van der Waals surface area contributed by atoms with Gasteiger partial charge in [0.15, 0.2) is 0 Å². The van der Waals surface area contributed by atoms with Crippen molar-refractivity contribution in [3.63, 3.8) is 0 Å². The Labute approximate surface area is 140 Å². The van der Waals surface area contributed by atoms with Gasteiger partial charge in [0.2, 0.25) is 0 Å². The first-order chi connectivity index (χ1) is 10.6. The summed E-state index contributed by atoms with van der Waals surface area (Å²) >= 11 is 13.2. The molecule has 0 unspecified atom stereocenters. The van der Waals surface area contributed by atoms with Crippen LogP contribution in [0.2, 0.25) is 10.0 Å². The molecule has 6 heteroatoms. The molecule has 0 aliphatic carbocycles. The van der Waals surface area contributed by atoms with E-state index in [0.717, 1.165) is 10.2 Å². The minimum absolute atomic E-state index is 0.111. The number of allylic oxidation sites excluding steroid dienone is 1. The van der Waals surface area contributed by atoms with Gasteiger partial charge in [0.1, 0.15) is 16.8 Å². The monoisotopic (exact) mass is 346 g/mol. The number of hydrogen-bond donors (Lipinski definition) is 1. The number of nitriles is 1. The van der Waals surface area contributed by atoms with E-state index < -0.39 is 0 Å². The molecule has 2 aromatic carbocycles. The minimum Gasteiger partial charge on any atom is -0.506 e. The Bertz CT molecular complexity index is 908. The van der Waals surface area contributed by atoms with Gasteiger partial charge in [-0.15, -0.1) is 11.3 Å². The van der Waals surface area contributed by atoms with E-state index in [2.05, 4.69) is 11.1 Å². The normalized spacial score (nSPS) is 11.6. The maximum absolute atomic E-state index is 9.99. The Kier molecular flexibility index (Phi) is 4.04. The summed E-state index contributed by atoms with van der Waals surface area (Å²) in [5, 5.41) is 20.5. The third-order valence-electron chi connectivity index (χ3n) is 3.00. The molecule has 22 heavy (non-hydrogen) atoms. The van der Waals surface area contributed by atoms with Crippen molar-refractivity contribution < 1.29 is 5.11 Å². The van der Waals surface area contributed by atoms with Crippen LogP contribution in [0.5, 0.6) is 5.75 Å². The fourth-order valence-corrected chi connectivity index (χ4v) is 3.42. The molecule has 1 N–H and O–H groups in total. The average Bonchev–Trinajstić information content (AvgIpc) is 2.93. The molecular weight excluding hydrogens is 339 g/mol. The summed E-state index contributed by atoms with van der Waals surface area (Å²) in [4.78, 5) is 4.43. The number of para-hydroxylation sites is 1. The molecule has 3 aromatic rings. The summed E-state index contributed by atoms with van der Waals surface area (Å²) in [6.45, 7) is 0. The predicted octanol–water partition coefficient (Wildman–Crippen LogP) is 5.37. The maximum Gasteiger partial charge on any atom is 0.141 e.